The molecule has 0 heterocycles. The van der Waals surface area contributed by atoms with Crippen LogP contribution in [0.4, 0.5) is 0 Å². The summed E-state index contributed by atoms with van der Waals surface area (Å²) in [5.41, 5.74) is 0. The minimum absolute atomic E-state index is 0.0246. The molecular formula is C16H26O3Si. The number of ether oxygens (including phenoxy) is 1. The van der Waals surface area contributed by atoms with Gasteiger partial charge in [0.05, 0.1) is 5.92 Å². The zero-order valence-electron chi connectivity index (χ0n) is 12.8. The molecule has 0 amide bonds. The predicted octanol–water partition coefficient (Wildman–Crippen LogP) is 3.18. The third kappa shape index (κ3) is 5.47. The molecular weight excluding hydrogens is 268 g/mol. The van der Waals surface area contributed by atoms with Gasteiger partial charge < -0.3 is 9.16 Å². The number of hydrogen-bond acceptors (Lipinski definition) is 3. The SMILES string of the molecule is CCO[SiH2]CC(C(=O)Oc1ccccc1)C(CC)CC. The van der Waals surface area contributed by atoms with Crippen LogP contribution >= 0.6 is 0 Å². The molecule has 1 aromatic carbocycles. The largest absolute Gasteiger partial charge is 0.426 e. The van der Waals surface area contributed by atoms with E-state index >= 15 is 0 Å². The molecule has 1 unspecified atom stereocenters. The van der Waals surface area contributed by atoms with Crippen LogP contribution in [-0.2, 0) is 9.22 Å². The molecule has 0 aliphatic rings. The highest BCUT2D eigenvalue weighted by Crippen LogP contribution is 2.25. The van der Waals surface area contributed by atoms with E-state index in [0.717, 1.165) is 25.5 Å². The molecule has 0 N–H and O–H groups in total. The van der Waals surface area contributed by atoms with Crippen LogP contribution in [0.3, 0.4) is 0 Å². The topological polar surface area (TPSA) is 35.5 Å². The summed E-state index contributed by atoms with van der Waals surface area (Å²) in [6.45, 7) is 7.02. The van der Waals surface area contributed by atoms with Gasteiger partial charge in [0.15, 0.2) is 9.76 Å². The summed E-state index contributed by atoms with van der Waals surface area (Å²) < 4.78 is 11.1. The maximum absolute atomic E-state index is 12.4. The van der Waals surface area contributed by atoms with Crippen molar-refractivity contribution in [2.75, 3.05) is 6.61 Å². The molecule has 0 aliphatic carbocycles. The number of hydrogen-bond donors (Lipinski definition) is 0. The quantitative estimate of drug-likeness (QED) is 0.304. The average molecular weight is 294 g/mol. The monoisotopic (exact) mass is 294 g/mol. The van der Waals surface area contributed by atoms with E-state index < -0.39 is 9.76 Å². The first kappa shape index (κ1) is 16.9. The van der Waals surface area contributed by atoms with Gasteiger partial charge in [-0.15, -0.1) is 0 Å². The molecule has 0 bridgehead atoms. The number of esters is 1. The zero-order valence-corrected chi connectivity index (χ0v) is 14.2. The Labute approximate surface area is 124 Å². The van der Waals surface area contributed by atoms with Crippen molar-refractivity contribution in [3.8, 4) is 5.75 Å². The number of carbonyl (C=O) groups excluding carboxylic acids is 1. The first-order valence-corrected chi connectivity index (χ1v) is 9.15. The van der Waals surface area contributed by atoms with Crippen LogP contribution in [0.2, 0.25) is 6.04 Å². The summed E-state index contributed by atoms with van der Waals surface area (Å²) in [6.07, 6.45) is 2.01. The Morgan fingerprint density at radius 3 is 2.35 bits per heavy atom. The Hall–Kier alpha value is -1.13. The van der Waals surface area contributed by atoms with Crippen molar-refractivity contribution >= 4 is 15.7 Å². The third-order valence-corrected chi connectivity index (χ3v) is 5.21. The molecule has 1 rings (SSSR count). The molecule has 0 spiro atoms. The van der Waals surface area contributed by atoms with E-state index in [-0.39, 0.29) is 11.9 Å². The van der Waals surface area contributed by atoms with Crippen LogP contribution in [-0.4, -0.2) is 22.3 Å². The fraction of sp³-hybridized carbons (Fsp3) is 0.562. The standard InChI is InChI=1S/C16H26O3Si/c1-4-13(5-2)15(12-20-18-6-3)16(17)19-14-10-8-7-9-11-14/h7-11,13,15H,4-6,12,20H2,1-3H3. The van der Waals surface area contributed by atoms with Crippen molar-refractivity contribution in [1.29, 1.82) is 0 Å². The van der Waals surface area contributed by atoms with Crippen molar-refractivity contribution < 1.29 is 14.0 Å². The molecule has 0 saturated carbocycles. The van der Waals surface area contributed by atoms with E-state index in [4.69, 9.17) is 9.16 Å². The third-order valence-electron chi connectivity index (χ3n) is 3.66. The first-order chi connectivity index (χ1) is 9.72. The Bertz CT molecular complexity index is 377. The lowest BCUT2D eigenvalue weighted by Crippen LogP contribution is -2.29. The van der Waals surface area contributed by atoms with Crippen LogP contribution in [0.15, 0.2) is 30.3 Å². The predicted molar refractivity (Wildman–Crippen MR) is 84.6 cm³/mol. The molecule has 0 aromatic heterocycles. The second-order valence-electron chi connectivity index (χ2n) is 4.90. The summed E-state index contributed by atoms with van der Waals surface area (Å²) in [5, 5.41) is 0. The minimum Gasteiger partial charge on any atom is -0.426 e. The van der Waals surface area contributed by atoms with E-state index in [1.807, 2.05) is 37.3 Å². The maximum Gasteiger partial charge on any atom is 0.314 e. The van der Waals surface area contributed by atoms with Gasteiger partial charge in [0.1, 0.15) is 5.75 Å². The van der Waals surface area contributed by atoms with Crippen molar-refractivity contribution in [3.05, 3.63) is 30.3 Å². The number of benzene rings is 1. The molecule has 112 valence electrons. The highest BCUT2D eigenvalue weighted by atomic mass is 28.2. The van der Waals surface area contributed by atoms with Gasteiger partial charge in [-0.25, -0.2) is 0 Å². The molecule has 0 saturated heterocycles. The molecule has 20 heavy (non-hydrogen) atoms. The first-order valence-electron chi connectivity index (χ1n) is 7.57. The summed E-state index contributed by atoms with van der Waals surface area (Å²) in [5.74, 6) is 0.895. The van der Waals surface area contributed by atoms with Gasteiger partial charge in [0.25, 0.3) is 0 Å². The molecule has 0 aliphatic heterocycles. The second-order valence-corrected chi connectivity index (χ2v) is 6.30. The molecule has 1 aromatic rings. The van der Waals surface area contributed by atoms with E-state index in [2.05, 4.69) is 13.8 Å². The van der Waals surface area contributed by atoms with Crippen LogP contribution < -0.4 is 4.74 Å². The van der Waals surface area contributed by atoms with Crippen molar-refractivity contribution in [1.82, 2.24) is 0 Å². The normalized spacial score (nSPS) is 13.0. The lowest BCUT2D eigenvalue weighted by Gasteiger charge is -2.23. The number of carbonyl (C=O) groups is 1. The van der Waals surface area contributed by atoms with E-state index in [1.54, 1.807) is 0 Å². The van der Waals surface area contributed by atoms with Gasteiger partial charge in [0.2, 0.25) is 0 Å². The summed E-state index contributed by atoms with van der Waals surface area (Å²) in [7, 11) is -0.630. The van der Waals surface area contributed by atoms with Crippen LogP contribution in [0.25, 0.3) is 0 Å². The average Bonchev–Trinajstić information content (AvgIpc) is 2.48. The van der Waals surface area contributed by atoms with Gasteiger partial charge in [-0.1, -0.05) is 44.9 Å². The fourth-order valence-electron chi connectivity index (χ4n) is 2.44. The van der Waals surface area contributed by atoms with Crippen molar-refractivity contribution in [2.45, 2.75) is 39.7 Å². The highest BCUT2D eigenvalue weighted by Gasteiger charge is 2.27. The summed E-state index contributed by atoms with van der Waals surface area (Å²) >= 11 is 0. The van der Waals surface area contributed by atoms with Gasteiger partial charge in [0, 0.05) is 6.61 Å². The fourth-order valence-corrected chi connectivity index (χ4v) is 3.86. The minimum atomic E-state index is -0.630. The van der Waals surface area contributed by atoms with Gasteiger partial charge in [-0.05, 0) is 31.0 Å². The Morgan fingerprint density at radius 2 is 1.80 bits per heavy atom. The molecule has 3 nitrogen and oxygen atoms in total. The number of rotatable bonds is 9. The van der Waals surface area contributed by atoms with E-state index in [0.29, 0.717) is 11.7 Å². The molecule has 4 heteroatoms. The Balaban J connectivity index is 2.67. The lowest BCUT2D eigenvalue weighted by atomic mass is 9.89. The van der Waals surface area contributed by atoms with Crippen LogP contribution in [0.1, 0.15) is 33.6 Å². The maximum atomic E-state index is 12.4. The molecule has 1 atom stereocenters. The van der Waals surface area contributed by atoms with Crippen LogP contribution in [0, 0.1) is 11.8 Å². The van der Waals surface area contributed by atoms with Crippen LogP contribution in [0.5, 0.6) is 5.75 Å². The van der Waals surface area contributed by atoms with Gasteiger partial charge in [-0.3, -0.25) is 4.79 Å². The second kappa shape index (κ2) is 9.72. The van der Waals surface area contributed by atoms with Crippen molar-refractivity contribution in [2.24, 2.45) is 11.8 Å². The Morgan fingerprint density at radius 1 is 1.15 bits per heavy atom. The van der Waals surface area contributed by atoms with Gasteiger partial charge >= 0.3 is 5.97 Å². The smallest absolute Gasteiger partial charge is 0.314 e. The molecule has 0 fully saturated rings. The molecule has 0 radical (unpaired) electrons. The summed E-state index contributed by atoms with van der Waals surface area (Å²) in [4.78, 5) is 12.4. The lowest BCUT2D eigenvalue weighted by molar-refractivity contribution is -0.140. The summed E-state index contributed by atoms with van der Waals surface area (Å²) in [6, 6.07) is 10.2. The van der Waals surface area contributed by atoms with E-state index in [1.165, 1.54) is 0 Å². The Kier molecular flexibility index (Phi) is 8.22. The van der Waals surface area contributed by atoms with E-state index in [9.17, 15) is 4.79 Å². The van der Waals surface area contributed by atoms with Gasteiger partial charge in [-0.2, -0.15) is 0 Å². The van der Waals surface area contributed by atoms with Crippen molar-refractivity contribution in [3.63, 3.8) is 0 Å². The highest BCUT2D eigenvalue weighted by molar-refractivity contribution is 6.27. The number of para-hydroxylation sites is 1. The zero-order chi connectivity index (χ0) is 14.8.